The molecule has 1 aromatic carbocycles. The number of nitrogen functional groups attached to an aromatic ring is 1. The van der Waals surface area contributed by atoms with Gasteiger partial charge in [0.1, 0.15) is 11.3 Å². The molecule has 0 radical (unpaired) electrons. The van der Waals surface area contributed by atoms with Crippen molar-refractivity contribution < 1.29 is 4.42 Å². The second kappa shape index (κ2) is 4.09. The Morgan fingerprint density at radius 1 is 1.10 bits per heavy atom. The largest absolute Gasteiger partial charge is 0.467 e. The predicted molar refractivity (Wildman–Crippen MR) is 77.3 cm³/mol. The summed E-state index contributed by atoms with van der Waals surface area (Å²) in [5.74, 6) is 1.31. The molecule has 0 fully saturated rings. The molecule has 0 aliphatic carbocycles. The molecule has 98 valence electrons. The molecule has 4 rings (SSSR count). The van der Waals surface area contributed by atoms with E-state index in [1.165, 1.54) is 0 Å². The van der Waals surface area contributed by atoms with Crippen LogP contribution in [-0.4, -0.2) is 14.5 Å². The van der Waals surface area contributed by atoms with Gasteiger partial charge in [-0.2, -0.15) is 0 Å². The lowest BCUT2D eigenvalue weighted by atomic mass is 10.2. The number of benzene rings is 1. The number of rotatable bonds is 2. The SMILES string of the molecule is Nc1nc2cnc3ccccc3c2n1Cc1ccco1. The van der Waals surface area contributed by atoms with Gasteiger partial charge in [-0.1, -0.05) is 18.2 Å². The first-order valence-electron chi connectivity index (χ1n) is 6.35. The Hall–Kier alpha value is -2.82. The Balaban J connectivity index is 2.03. The molecular formula is C15H12N4O. The molecule has 0 saturated carbocycles. The van der Waals surface area contributed by atoms with Crippen LogP contribution in [0.5, 0.6) is 0 Å². The average Bonchev–Trinajstić information content (AvgIpc) is 3.08. The van der Waals surface area contributed by atoms with Crippen LogP contribution in [0.2, 0.25) is 0 Å². The van der Waals surface area contributed by atoms with Crippen molar-refractivity contribution in [3.63, 3.8) is 0 Å². The fourth-order valence-corrected chi connectivity index (χ4v) is 2.50. The number of fused-ring (bicyclic) bond motifs is 3. The lowest BCUT2D eigenvalue weighted by Gasteiger charge is -2.06. The van der Waals surface area contributed by atoms with Crippen LogP contribution in [0.3, 0.4) is 0 Å². The van der Waals surface area contributed by atoms with Gasteiger partial charge in [0, 0.05) is 5.39 Å². The quantitative estimate of drug-likeness (QED) is 0.604. The van der Waals surface area contributed by atoms with Crippen LogP contribution < -0.4 is 5.73 Å². The second-order valence-electron chi connectivity index (χ2n) is 4.64. The smallest absolute Gasteiger partial charge is 0.201 e. The van der Waals surface area contributed by atoms with E-state index in [9.17, 15) is 0 Å². The first-order valence-corrected chi connectivity index (χ1v) is 6.35. The monoisotopic (exact) mass is 264 g/mol. The third-order valence-corrected chi connectivity index (χ3v) is 3.40. The maximum absolute atomic E-state index is 6.04. The van der Waals surface area contributed by atoms with Crippen LogP contribution in [0.25, 0.3) is 21.9 Å². The minimum Gasteiger partial charge on any atom is -0.467 e. The summed E-state index contributed by atoms with van der Waals surface area (Å²) in [7, 11) is 0. The summed E-state index contributed by atoms with van der Waals surface area (Å²) in [4.78, 5) is 8.79. The molecule has 2 N–H and O–H groups in total. The van der Waals surface area contributed by atoms with E-state index in [4.69, 9.17) is 10.2 Å². The highest BCUT2D eigenvalue weighted by Gasteiger charge is 2.13. The van der Waals surface area contributed by atoms with Gasteiger partial charge in [0.05, 0.1) is 30.0 Å². The van der Waals surface area contributed by atoms with Gasteiger partial charge in [0.2, 0.25) is 5.95 Å². The lowest BCUT2D eigenvalue weighted by Crippen LogP contribution is -2.04. The number of nitrogens with zero attached hydrogens (tertiary/aromatic N) is 3. The highest BCUT2D eigenvalue weighted by molar-refractivity contribution is 6.02. The number of nitrogens with two attached hydrogens (primary N) is 1. The van der Waals surface area contributed by atoms with Crippen molar-refractivity contribution in [1.82, 2.24) is 14.5 Å². The third kappa shape index (κ3) is 1.56. The Morgan fingerprint density at radius 3 is 2.85 bits per heavy atom. The number of para-hydroxylation sites is 1. The van der Waals surface area contributed by atoms with Gasteiger partial charge in [0.15, 0.2) is 0 Å². The van der Waals surface area contributed by atoms with Gasteiger partial charge < -0.3 is 14.7 Å². The van der Waals surface area contributed by atoms with Crippen LogP contribution >= 0.6 is 0 Å². The average molecular weight is 264 g/mol. The number of aromatic nitrogens is 3. The van der Waals surface area contributed by atoms with Crippen molar-refractivity contribution in [2.45, 2.75) is 6.54 Å². The maximum atomic E-state index is 6.04. The predicted octanol–water partition coefficient (Wildman–Crippen LogP) is 2.81. The highest BCUT2D eigenvalue weighted by Crippen LogP contribution is 2.26. The standard InChI is InChI=1S/C15H12N4O/c16-15-18-13-8-17-12-6-2-1-5-11(12)14(13)19(15)9-10-4-3-7-20-10/h1-8H,9H2,(H2,16,18). The molecule has 3 heterocycles. The number of pyridine rings is 1. The van der Waals surface area contributed by atoms with E-state index in [0.29, 0.717) is 12.5 Å². The molecule has 0 aliphatic heterocycles. The molecule has 0 atom stereocenters. The van der Waals surface area contributed by atoms with Gasteiger partial charge in [-0.05, 0) is 18.2 Å². The van der Waals surface area contributed by atoms with E-state index in [0.717, 1.165) is 27.7 Å². The third-order valence-electron chi connectivity index (χ3n) is 3.40. The van der Waals surface area contributed by atoms with Gasteiger partial charge in [0.25, 0.3) is 0 Å². The summed E-state index contributed by atoms with van der Waals surface area (Å²) >= 11 is 0. The minimum atomic E-state index is 0.467. The normalized spacial score (nSPS) is 11.4. The van der Waals surface area contributed by atoms with Crippen molar-refractivity contribution in [3.05, 3.63) is 54.6 Å². The van der Waals surface area contributed by atoms with Crippen molar-refractivity contribution in [3.8, 4) is 0 Å². The molecule has 4 aromatic rings. The molecule has 20 heavy (non-hydrogen) atoms. The summed E-state index contributed by atoms with van der Waals surface area (Å²) in [5.41, 5.74) is 8.76. The molecule has 5 nitrogen and oxygen atoms in total. The summed E-state index contributed by atoms with van der Waals surface area (Å²) < 4.78 is 7.36. The van der Waals surface area contributed by atoms with Gasteiger partial charge >= 0.3 is 0 Å². The molecular weight excluding hydrogens is 252 g/mol. The topological polar surface area (TPSA) is 69.9 Å². The fourth-order valence-electron chi connectivity index (χ4n) is 2.50. The van der Waals surface area contributed by atoms with Crippen LogP contribution in [0.4, 0.5) is 5.95 Å². The zero-order valence-electron chi connectivity index (χ0n) is 10.7. The number of furan rings is 1. The van der Waals surface area contributed by atoms with Crippen LogP contribution in [-0.2, 0) is 6.54 Å². The zero-order valence-corrected chi connectivity index (χ0v) is 10.7. The van der Waals surface area contributed by atoms with Crippen molar-refractivity contribution in [2.24, 2.45) is 0 Å². The lowest BCUT2D eigenvalue weighted by molar-refractivity contribution is 0.498. The maximum Gasteiger partial charge on any atom is 0.201 e. The van der Waals surface area contributed by atoms with E-state index >= 15 is 0 Å². The van der Waals surface area contributed by atoms with Gasteiger partial charge in [-0.3, -0.25) is 4.98 Å². The molecule has 0 saturated heterocycles. The van der Waals surface area contributed by atoms with Gasteiger partial charge in [-0.25, -0.2) is 4.98 Å². The van der Waals surface area contributed by atoms with E-state index in [2.05, 4.69) is 9.97 Å². The van der Waals surface area contributed by atoms with Crippen molar-refractivity contribution in [1.29, 1.82) is 0 Å². The Morgan fingerprint density at radius 2 is 2.00 bits per heavy atom. The molecule has 0 bridgehead atoms. The fraction of sp³-hybridized carbons (Fsp3) is 0.0667. The highest BCUT2D eigenvalue weighted by atomic mass is 16.3. The number of hydrogen-bond donors (Lipinski definition) is 1. The molecule has 0 aliphatic rings. The Labute approximate surface area is 114 Å². The van der Waals surface area contributed by atoms with Crippen LogP contribution in [0, 0.1) is 0 Å². The van der Waals surface area contributed by atoms with Crippen molar-refractivity contribution >= 4 is 27.9 Å². The molecule has 0 amide bonds. The van der Waals surface area contributed by atoms with E-state index < -0.39 is 0 Å². The summed E-state index contributed by atoms with van der Waals surface area (Å²) in [5, 5.41) is 1.04. The molecule has 0 spiro atoms. The van der Waals surface area contributed by atoms with E-state index in [1.54, 1.807) is 12.5 Å². The van der Waals surface area contributed by atoms with Crippen LogP contribution in [0.1, 0.15) is 5.76 Å². The Bertz CT molecular complexity index is 893. The summed E-state index contributed by atoms with van der Waals surface area (Å²) in [6.45, 7) is 0.559. The van der Waals surface area contributed by atoms with E-state index in [-0.39, 0.29) is 0 Å². The van der Waals surface area contributed by atoms with Crippen molar-refractivity contribution in [2.75, 3.05) is 5.73 Å². The molecule has 0 unspecified atom stereocenters. The second-order valence-corrected chi connectivity index (χ2v) is 4.64. The number of imidazole rings is 1. The minimum absolute atomic E-state index is 0.467. The molecule has 3 aromatic heterocycles. The summed E-state index contributed by atoms with van der Waals surface area (Å²) in [6.07, 6.45) is 3.41. The number of anilines is 1. The molecule has 5 heteroatoms. The first kappa shape index (κ1) is 11.0. The Kier molecular flexibility index (Phi) is 2.26. The number of hydrogen-bond acceptors (Lipinski definition) is 4. The van der Waals surface area contributed by atoms with Gasteiger partial charge in [-0.15, -0.1) is 0 Å². The zero-order chi connectivity index (χ0) is 13.5. The first-order chi connectivity index (χ1) is 9.83. The summed E-state index contributed by atoms with van der Waals surface area (Å²) in [6, 6.07) is 11.8. The van der Waals surface area contributed by atoms with Crippen LogP contribution in [0.15, 0.2) is 53.3 Å². The van der Waals surface area contributed by atoms with E-state index in [1.807, 2.05) is 41.0 Å².